The van der Waals surface area contributed by atoms with Gasteiger partial charge in [-0.1, -0.05) is 26.0 Å². The van der Waals surface area contributed by atoms with E-state index < -0.39 is 0 Å². The molecule has 3 nitrogen and oxygen atoms in total. The lowest BCUT2D eigenvalue weighted by atomic mass is 9.97. The van der Waals surface area contributed by atoms with Gasteiger partial charge in [-0.25, -0.2) is 0 Å². The second kappa shape index (κ2) is 7.85. The Morgan fingerprint density at radius 3 is 2.90 bits per heavy atom. The van der Waals surface area contributed by atoms with E-state index in [4.69, 9.17) is 0 Å². The maximum Gasteiger partial charge on any atom is 0.254 e. The number of carbonyl (C=O) groups excluding carboxylic acids is 1. The summed E-state index contributed by atoms with van der Waals surface area (Å²) in [6.07, 6.45) is 4.35. The Hall–Kier alpha value is -1.00. The highest BCUT2D eigenvalue weighted by atomic mass is 32.2. The molecule has 1 aromatic carbocycles. The van der Waals surface area contributed by atoms with Gasteiger partial charge in [0.15, 0.2) is 0 Å². The molecule has 21 heavy (non-hydrogen) atoms. The standard InChI is InChI=1S/C17H26N2OS/c1-13(2)18-11-14-7-6-10-19(12-14)17(20)15-8-4-5-9-16(15)21-3/h4-5,8-9,13-14,18H,6-7,10-12H2,1-3H3. The molecule has 1 aliphatic rings. The predicted octanol–water partition coefficient (Wildman–Crippen LogP) is 3.26. The van der Waals surface area contributed by atoms with E-state index >= 15 is 0 Å². The number of benzene rings is 1. The smallest absolute Gasteiger partial charge is 0.254 e. The van der Waals surface area contributed by atoms with Crippen molar-refractivity contribution in [2.45, 2.75) is 37.6 Å². The molecule has 1 aliphatic heterocycles. The largest absolute Gasteiger partial charge is 0.338 e. The van der Waals surface area contributed by atoms with Gasteiger partial charge in [-0.05, 0) is 43.7 Å². The molecule has 1 aromatic rings. The van der Waals surface area contributed by atoms with E-state index in [1.807, 2.05) is 35.4 Å². The van der Waals surface area contributed by atoms with E-state index in [1.54, 1.807) is 11.8 Å². The average molecular weight is 306 g/mol. The van der Waals surface area contributed by atoms with E-state index in [1.165, 1.54) is 6.42 Å². The fourth-order valence-electron chi connectivity index (χ4n) is 2.81. The van der Waals surface area contributed by atoms with Crippen molar-refractivity contribution in [3.05, 3.63) is 29.8 Å². The molecular weight excluding hydrogens is 280 g/mol. The summed E-state index contributed by atoms with van der Waals surface area (Å²) in [6.45, 7) is 7.10. The van der Waals surface area contributed by atoms with Crippen molar-refractivity contribution in [3.63, 3.8) is 0 Å². The number of carbonyl (C=O) groups is 1. The minimum Gasteiger partial charge on any atom is -0.338 e. The van der Waals surface area contributed by atoms with E-state index in [2.05, 4.69) is 19.2 Å². The molecule has 2 rings (SSSR count). The third-order valence-corrected chi connectivity index (χ3v) is 4.75. The van der Waals surface area contributed by atoms with Gasteiger partial charge in [-0.3, -0.25) is 4.79 Å². The highest BCUT2D eigenvalue weighted by molar-refractivity contribution is 7.98. The van der Waals surface area contributed by atoms with Crippen LogP contribution >= 0.6 is 11.8 Å². The first-order chi connectivity index (χ1) is 10.1. The minimum atomic E-state index is 0.189. The summed E-state index contributed by atoms with van der Waals surface area (Å²) < 4.78 is 0. The Labute approximate surface area is 132 Å². The van der Waals surface area contributed by atoms with Crippen LogP contribution in [-0.4, -0.2) is 42.7 Å². The van der Waals surface area contributed by atoms with E-state index in [0.29, 0.717) is 12.0 Å². The lowest BCUT2D eigenvalue weighted by Crippen LogP contribution is -2.43. The third-order valence-electron chi connectivity index (χ3n) is 3.96. The molecule has 0 saturated carbocycles. The van der Waals surface area contributed by atoms with Gasteiger partial charge in [0.2, 0.25) is 0 Å². The maximum atomic E-state index is 12.8. The molecule has 0 bridgehead atoms. The van der Waals surface area contributed by atoms with Crippen LogP contribution in [0.5, 0.6) is 0 Å². The number of nitrogens with one attached hydrogen (secondary N) is 1. The number of nitrogens with zero attached hydrogens (tertiary/aromatic N) is 1. The minimum absolute atomic E-state index is 0.189. The van der Waals surface area contributed by atoms with Crippen molar-refractivity contribution in [2.75, 3.05) is 25.9 Å². The molecule has 1 fully saturated rings. The summed E-state index contributed by atoms with van der Waals surface area (Å²) in [5.74, 6) is 0.765. The zero-order valence-corrected chi connectivity index (χ0v) is 14.1. The Morgan fingerprint density at radius 2 is 2.19 bits per heavy atom. The molecule has 0 radical (unpaired) electrons. The first-order valence-electron chi connectivity index (χ1n) is 7.77. The Kier molecular flexibility index (Phi) is 6.12. The van der Waals surface area contributed by atoms with Crippen LogP contribution in [0.15, 0.2) is 29.2 Å². The lowest BCUT2D eigenvalue weighted by Gasteiger charge is -2.33. The van der Waals surface area contributed by atoms with Gasteiger partial charge in [-0.2, -0.15) is 0 Å². The van der Waals surface area contributed by atoms with Gasteiger partial charge in [0, 0.05) is 24.0 Å². The fraction of sp³-hybridized carbons (Fsp3) is 0.588. The van der Waals surface area contributed by atoms with Crippen molar-refractivity contribution in [2.24, 2.45) is 5.92 Å². The zero-order valence-electron chi connectivity index (χ0n) is 13.3. The van der Waals surface area contributed by atoms with E-state index in [9.17, 15) is 4.79 Å². The molecule has 0 aromatic heterocycles. The van der Waals surface area contributed by atoms with Gasteiger partial charge in [-0.15, -0.1) is 11.8 Å². The second-order valence-corrected chi connectivity index (χ2v) is 6.87. The van der Waals surface area contributed by atoms with Gasteiger partial charge >= 0.3 is 0 Å². The second-order valence-electron chi connectivity index (χ2n) is 6.02. The van der Waals surface area contributed by atoms with Crippen LogP contribution in [0.4, 0.5) is 0 Å². The number of rotatable bonds is 5. The Balaban J connectivity index is 2.01. The zero-order chi connectivity index (χ0) is 15.2. The number of likely N-dealkylation sites (tertiary alicyclic amines) is 1. The SMILES string of the molecule is CSc1ccccc1C(=O)N1CCCC(CNC(C)C)C1. The van der Waals surface area contributed by atoms with Gasteiger partial charge < -0.3 is 10.2 Å². The molecule has 0 spiro atoms. The number of thioether (sulfide) groups is 1. The third kappa shape index (κ3) is 4.48. The fourth-order valence-corrected chi connectivity index (χ4v) is 3.40. The number of hydrogen-bond donors (Lipinski definition) is 1. The molecular formula is C17H26N2OS. The summed E-state index contributed by atoms with van der Waals surface area (Å²) >= 11 is 1.64. The molecule has 0 aliphatic carbocycles. The summed E-state index contributed by atoms with van der Waals surface area (Å²) in [5.41, 5.74) is 0.850. The van der Waals surface area contributed by atoms with Crippen molar-refractivity contribution in [1.82, 2.24) is 10.2 Å². The average Bonchev–Trinajstić information content (AvgIpc) is 2.52. The van der Waals surface area contributed by atoms with Gasteiger partial charge in [0.05, 0.1) is 5.56 Å². The first kappa shape index (κ1) is 16.4. The lowest BCUT2D eigenvalue weighted by molar-refractivity contribution is 0.0668. The summed E-state index contributed by atoms with van der Waals surface area (Å²) in [4.78, 5) is 15.9. The predicted molar refractivity (Wildman–Crippen MR) is 90.0 cm³/mol. The van der Waals surface area contributed by atoms with Crippen molar-refractivity contribution < 1.29 is 4.79 Å². The maximum absolute atomic E-state index is 12.8. The van der Waals surface area contributed by atoms with Crippen LogP contribution in [0, 0.1) is 5.92 Å². The van der Waals surface area contributed by atoms with Crippen LogP contribution in [0.2, 0.25) is 0 Å². The molecule has 1 heterocycles. The van der Waals surface area contributed by atoms with Crippen LogP contribution in [-0.2, 0) is 0 Å². The number of hydrogen-bond acceptors (Lipinski definition) is 3. The first-order valence-corrected chi connectivity index (χ1v) is 9.00. The molecule has 116 valence electrons. The summed E-state index contributed by atoms with van der Waals surface area (Å²) in [6, 6.07) is 8.43. The highest BCUT2D eigenvalue weighted by Gasteiger charge is 2.25. The normalized spacial score (nSPS) is 19.0. The molecule has 1 atom stereocenters. The molecule has 1 N–H and O–H groups in total. The highest BCUT2D eigenvalue weighted by Crippen LogP contribution is 2.24. The van der Waals surface area contributed by atoms with Crippen LogP contribution in [0.1, 0.15) is 37.0 Å². The number of piperidine rings is 1. The van der Waals surface area contributed by atoms with Crippen molar-refractivity contribution in [1.29, 1.82) is 0 Å². The molecule has 1 unspecified atom stereocenters. The van der Waals surface area contributed by atoms with E-state index in [-0.39, 0.29) is 5.91 Å². The van der Waals surface area contributed by atoms with Crippen molar-refractivity contribution >= 4 is 17.7 Å². The molecule has 1 saturated heterocycles. The number of amides is 1. The summed E-state index contributed by atoms with van der Waals surface area (Å²) in [7, 11) is 0. The molecule has 4 heteroatoms. The molecule has 1 amide bonds. The topological polar surface area (TPSA) is 32.3 Å². The van der Waals surface area contributed by atoms with Gasteiger partial charge in [0.1, 0.15) is 0 Å². The summed E-state index contributed by atoms with van der Waals surface area (Å²) in [5, 5.41) is 3.49. The van der Waals surface area contributed by atoms with Crippen LogP contribution in [0.3, 0.4) is 0 Å². The quantitative estimate of drug-likeness (QED) is 0.848. The van der Waals surface area contributed by atoms with Gasteiger partial charge in [0.25, 0.3) is 5.91 Å². The Morgan fingerprint density at radius 1 is 1.43 bits per heavy atom. The van der Waals surface area contributed by atoms with Crippen molar-refractivity contribution in [3.8, 4) is 0 Å². The Bertz CT molecular complexity index is 476. The van der Waals surface area contributed by atoms with E-state index in [0.717, 1.165) is 36.5 Å². The van der Waals surface area contributed by atoms with Crippen LogP contribution < -0.4 is 5.32 Å². The monoisotopic (exact) mass is 306 g/mol. The van der Waals surface area contributed by atoms with Crippen LogP contribution in [0.25, 0.3) is 0 Å².